The second-order valence-corrected chi connectivity index (χ2v) is 32.4. The van der Waals surface area contributed by atoms with E-state index in [1.807, 2.05) is 0 Å². The van der Waals surface area contributed by atoms with Crippen molar-refractivity contribution in [2.24, 2.45) is 0 Å². The summed E-state index contributed by atoms with van der Waals surface area (Å²) >= 11 is 0. The third kappa shape index (κ3) is 10.5. The minimum atomic E-state index is -0.336. The maximum atomic E-state index is 2.75. The molecular formula is C102H82BN3. The van der Waals surface area contributed by atoms with Crippen molar-refractivity contribution in [2.45, 2.75) is 78.6 Å². The summed E-state index contributed by atoms with van der Waals surface area (Å²) in [4.78, 5) is 5.49. The Bertz CT molecular complexity index is 6150. The molecule has 17 aromatic rings. The Morgan fingerprint density at radius 2 is 0.575 bits per heavy atom. The molecule has 0 unspecified atom stereocenters. The monoisotopic (exact) mass is 1360 g/mol. The van der Waals surface area contributed by atoms with Gasteiger partial charge < -0.3 is 14.4 Å². The average Bonchev–Trinajstić information content (AvgIpc) is 0.708. The normalized spacial score (nSPS) is 12.9. The molecule has 0 radical (unpaired) electrons. The number of rotatable bonds is 9. The van der Waals surface area contributed by atoms with Crippen molar-refractivity contribution in [1.29, 1.82) is 0 Å². The molecule has 0 saturated heterocycles. The number of fused-ring (bicyclic) bond motifs is 10. The Labute approximate surface area is 623 Å². The van der Waals surface area contributed by atoms with Crippen molar-refractivity contribution >= 4 is 111 Å². The topological polar surface area (TPSA) is 11.4 Å². The molecule has 0 spiro atoms. The molecule has 0 fully saturated rings. The largest absolute Gasteiger partial charge is 0.310 e. The highest BCUT2D eigenvalue weighted by atomic mass is 15.2. The molecular weight excluding hydrogens is 1280 g/mol. The fraction of sp³-hybridized carbons (Fsp3) is 0.118. The first-order chi connectivity index (χ1) is 51.5. The molecule has 2 aliphatic heterocycles. The van der Waals surface area contributed by atoms with Crippen molar-refractivity contribution in [3.8, 4) is 72.4 Å². The summed E-state index contributed by atoms with van der Waals surface area (Å²) in [6.45, 7) is 21.1. The van der Waals surface area contributed by atoms with Crippen molar-refractivity contribution in [1.82, 2.24) is 4.57 Å². The molecule has 1 aromatic heterocycles. The number of aromatic nitrogens is 1. The molecule has 106 heavy (non-hydrogen) atoms. The lowest BCUT2D eigenvalue weighted by Crippen LogP contribution is -2.61. The van der Waals surface area contributed by atoms with Gasteiger partial charge in [-0.15, -0.1) is 0 Å². The molecule has 16 aromatic carbocycles. The number of anilines is 6. The Balaban J connectivity index is 0.991. The molecule has 508 valence electrons. The van der Waals surface area contributed by atoms with Crippen LogP contribution in [0.4, 0.5) is 34.1 Å². The van der Waals surface area contributed by atoms with Gasteiger partial charge >= 0.3 is 0 Å². The van der Waals surface area contributed by atoms with Crippen LogP contribution < -0.4 is 26.2 Å². The number of nitrogens with zero attached hydrogens (tertiary/aromatic N) is 3. The fourth-order valence-electron chi connectivity index (χ4n) is 17.5. The predicted octanol–water partition coefficient (Wildman–Crippen LogP) is 26.2. The van der Waals surface area contributed by atoms with Crippen LogP contribution in [0.15, 0.2) is 334 Å². The Kier molecular flexibility index (Phi) is 15.1. The van der Waals surface area contributed by atoms with Gasteiger partial charge in [-0.2, -0.15) is 0 Å². The second-order valence-electron chi connectivity index (χ2n) is 32.4. The van der Waals surface area contributed by atoms with Crippen LogP contribution in [0, 0.1) is 0 Å². The molecule has 0 aliphatic carbocycles. The quantitative estimate of drug-likeness (QED) is 0.105. The number of para-hydroxylation sites is 2. The van der Waals surface area contributed by atoms with Crippen LogP contribution in [-0.2, 0) is 16.2 Å². The molecule has 3 heterocycles. The number of hydrogen-bond acceptors (Lipinski definition) is 2. The summed E-state index contributed by atoms with van der Waals surface area (Å²) in [5, 5.41) is 9.80. The van der Waals surface area contributed by atoms with Gasteiger partial charge in [0.25, 0.3) is 6.71 Å². The first-order valence-corrected chi connectivity index (χ1v) is 37.6. The molecule has 0 atom stereocenters. The zero-order chi connectivity index (χ0) is 71.9. The maximum absolute atomic E-state index is 2.75. The number of hydrogen-bond donors (Lipinski definition) is 0. The third-order valence-corrected chi connectivity index (χ3v) is 22.8. The summed E-state index contributed by atoms with van der Waals surface area (Å²) in [7, 11) is 0. The van der Waals surface area contributed by atoms with Gasteiger partial charge in [0.1, 0.15) is 0 Å². The zero-order valence-corrected chi connectivity index (χ0v) is 61.7. The van der Waals surface area contributed by atoms with Crippen LogP contribution in [0.2, 0.25) is 0 Å². The SMILES string of the molecule is CC(C)(C)c1cc(-c2ccccc2)c(N2c3cc(-c4c5ccccc5c(-c5ccc6ccccc6c5)c5ccccc45)ccc3B3c4ccc(-n5c6ccccc6c6ccccc65)cc4N(c4c(-c5ccccc5)cc(C(C)(C)C)cc4-c4ccccc4)c4cc(C(C)(C)C)cc2c43)c(-c2ccccc2)c1. The Morgan fingerprint density at radius 3 is 0.991 bits per heavy atom. The molecule has 3 nitrogen and oxygen atoms in total. The highest BCUT2D eigenvalue weighted by molar-refractivity contribution is 7.00. The average molecular weight is 1360 g/mol. The lowest BCUT2D eigenvalue weighted by molar-refractivity contribution is 0.590. The minimum Gasteiger partial charge on any atom is -0.310 e. The summed E-state index contributed by atoms with van der Waals surface area (Å²) in [6.07, 6.45) is 0. The third-order valence-electron chi connectivity index (χ3n) is 22.8. The molecule has 0 amide bonds. The second kappa shape index (κ2) is 24.7. The van der Waals surface area contributed by atoms with Crippen LogP contribution in [-0.4, -0.2) is 11.3 Å². The van der Waals surface area contributed by atoms with Crippen LogP contribution >= 0.6 is 0 Å². The summed E-state index contributed by atoms with van der Waals surface area (Å²) in [5.41, 5.74) is 31.3. The van der Waals surface area contributed by atoms with Gasteiger partial charge in [-0.3, -0.25) is 0 Å². The smallest absolute Gasteiger partial charge is 0.252 e. The highest BCUT2D eigenvalue weighted by Gasteiger charge is 2.47. The molecule has 2 aliphatic rings. The maximum Gasteiger partial charge on any atom is 0.252 e. The van der Waals surface area contributed by atoms with Crippen molar-refractivity contribution < 1.29 is 0 Å². The minimum absolute atomic E-state index is 0.193. The standard InChI is InChI=1S/C102H82BN3/c1-100(2,3)73-58-83(66-33-14-10-15-34-66)98(84(59-73)67-35-16-11-17-36-67)105-91-57-72(96-81-46-26-24-44-79(81)95(80-45-25-27-47-82(80)96)71-51-50-65-32-22-23-41-70(65)56-71)52-54-87(91)103-88-55-53-76(104-89-48-30-28-42-77(89)78-43-29-31-49-90(78)104)64-92(88)106(94-63-75(102(7,8)9)62-93(105)97(94)103)99-85(68-37-18-12-19-38-68)60-74(101(4,5)6)61-86(99)69-39-20-13-21-40-69/h10-64H,1-9H3. The van der Waals surface area contributed by atoms with Gasteiger partial charge in [0.2, 0.25) is 0 Å². The summed E-state index contributed by atoms with van der Waals surface area (Å²) < 4.78 is 2.51. The van der Waals surface area contributed by atoms with E-state index in [0.717, 1.165) is 67.6 Å². The van der Waals surface area contributed by atoms with E-state index < -0.39 is 0 Å². The van der Waals surface area contributed by atoms with E-state index in [-0.39, 0.29) is 23.0 Å². The first kappa shape index (κ1) is 64.6. The van der Waals surface area contributed by atoms with Gasteiger partial charge in [0.15, 0.2) is 0 Å². The molecule has 0 bridgehead atoms. The lowest BCUT2D eigenvalue weighted by atomic mass is 9.33. The summed E-state index contributed by atoms with van der Waals surface area (Å²) in [6, 6.07) is 127. The van der Waals surface area contributed by atoms with E-state index in [9.17, 15) is 0 Å². The zero-order valence-electron chi connectivity index (χ0n) is 61.7. The van der Waals surface area contributed by atoms with E-state index in [1.165, 1.54) is 126 Å². The van der Waals surface area contributed by atoms with Crippen molar-refractivity contribution in [3.05, 3.63) is 350 Å². The van der Waals surface area contributed by atoms with E-state index in [2.05, 4.69) is 410 Å². The van der Waals surface area contributed by atoms with Gasteiger partial charge in [-0.25, -0.2) is 0 Å². The highest BCUT2D eigenvalue weighted by Crippen LogP contribution is 2.56. The van der Waals surface area contributed by atoms with E-state index in [4.69, 9.17) is 0 Å². The van der Waals surface area contributed by atoms with Crippen LogP contribution in [0.5, 0.6) is 0 Å². The van der Waals surface area contributed by atoms with Gasteiger partial charge in [0.05, 0.1) is 22.4 Å². The van der Waals surface area contributed by atoms with Crippen LogP contribution in [0.3, 0.4) is 0 Å². The summed E-state index contributed by atoms with van der Waals surface area (Å²) in [5.74, 6) is 0. The molecule has 0 saturated carbocycles. The predicted molar refractivity (Wildman–Crippen MR) is 456 cm³/mol. The Morgan fingerprint density at radius 1 is 0.245 bits per heavy atom. The van der Waals surface area contributed by atoms with Crippen molar-refractivity contribution in [3.63, 3.8) is 0 Å². The van der Waals surface area contributed by atoms with E-state index >= 15 is 0 Å². The first-order valence-electron chi connectivity index (χ1n) is 37.6. The van der Waals surface area contributed by atoms with Gasteiger partial charge in [0, 0.05) is 61.5 Å². The van der Waals surface area contributed by atoms with Crippen molar-refractivity contribution in [2.75, 3.05) is 9.80 Å². The molecule has 0 N–H and O–H groups in total. The fourth-order valence-corrected chi connectivity index (χ4v) is 17.5. The molecule has 4 heteroatoms. The van der Waals surface area contributed by atoms with Crippen LogP contribution in [0.25, 0.3) is 127 Å². The van der Waals surface area contributed by atoms with Gasteiger partial charge in [-0.1, -0.05) is 323 Å². The Hall–Kier alpha value is -12.2. The van der Waals surface area contributed by atoms with E-state index in [1.54, 1.807) is 0 Å². The van der Waals surface area contributed by atoms with Gasteiger partial charge in [-0.05, 0) is 199 Å². The molecule has 19 rings (SSSR count). The van der Waals surface area contributed by atoms with Crippen LogP contribution in [0.1, 0.15) is 79.0 Å². The lowest BCUT2D eigenvalue weighted by Gasteiger charge is -2.47. The van der Waals surface area contributed by atoms with E-state index in [0.29, 0.717) is 0 Å². The number of benzene rings is 16.